The van der Waals surface area contributed by atoms with Gasteiger partial charge in [0.15, 0.2) is 0 Å². The SMILES string of the molecule is O=C(c1ccccc1CCC(F)(F)F)N1CCN2CCCCC2C1. The molecule has 2 aliphatic rings. The van der Waals surface area contributed by atoms with Crippen LogP contribution in [-0.2, 0) is 6.42 Å². The first-order chi connectivity index (χ1) is 11.4. The Hall–Kier alpha value is -1.56. The Morgan fingerprint density at radius 3 is 2.71 bits per heavy atom. The summed E-state index contributed by atoms with van der Waals surface area (Å²) in [5.41, 5.74) is 0.914. The Morgan fingerprint density at radius 1 is 1.12 bits per heavy atom. The van der Waals surface area contributed by atoms with Gasteiger partial charge in [-0.05, 0) is 37.4 Å². The van der Waals surface area contributed by atoms with Gasteiger partial charge in [-0.3, -0.25) is 9.69 Å². The molecule has 1 unspecified atom stereocenters. The van der Waals surface area contributed by atoms with E-state index in [1.54, 1.807) is 24.3 Å². The Balaban J connectivity index is 1.70. The fourth-order valence-corrected chi connectivity index (χ4v) is 3.73. The topological polar surface area (TPSA) is 23.6 Å². The molecule has 1 aromatic carbocycles. The van der Waals surface area contributed by atoms with Crippen molar-refractivity contribution in [2.75, 3.05) is 26.2 Å². The molecule has 3 rings (SSSR count). The minimum atomic E-state index is -4.20. The molecule has 0 spiro atoms. The maximum atomic E-state index is 12.8. The summed E-state index contributed by atoms with van der Waals surface area (Å²) in [7, 11) is 0. The molecule has 2 saturated heterocycles. The first kappa shape index (κ1) is 17.3. The van der Waals surface area contributed by atoms with E-state index in [9.17, 15) is 18.0 Å². The third-order valence-corrected chi connectivity index (χ3v) is 5.05. The third-order valence-electron chi connectivity index (χ3n) is 5.05. The normalized spacial score (nSPS) is 22.3. The van der Waals surface area contributed by atoms with E-state index in [0.29, 0.717) is 30.3 Å². The van der Waals surface area contributed by atoms with Crippen LogP contribution in [0.2, 0.25) is 0 Å². The van der Waals surface area contributed by atoms with Crippen molar-refractivity contribution in [3.63, 3.8) is 0 Å². The average molecular weight is 340 g/mol. The number of halogens is 3. The molecule has 1 aromatic rings. The standard InChI is InChI=1S/C18H23F3N2O/c19-18(20,21)9-8-14-5-1-2-7-16(14)17(24)23-12-11-22-10-4-3-6-15(22)13-23/h1-2,5,7,15H,3-4,6,8-13H2. The molecule has 0 aliphatic carbocycles. The van der Waals surface area contributed by atoms with E-state index in [1.165, 1.54) is 12.8 Å². The zero-order chi connectivity index (χ0) is 17.2. The second kappa shape index (κ2) is 7.13. The second-order valence-electron chi connectivity index (χ2n) is 6.71. The fourth-order valence-electron chi connectivity index (χ4n) is 3.73. The Morgan fingerprint density at radius 2 is 1.92 bits per heavy atom. The number of piperazine rings is 1. The number of benzene rings is 1. The maximum absolute atomic E-state index is 12.8. The summed E-state index contributed by atoms with van der Waals surface area (Å²) in [5.74, 6) is -0.127. The van der Waals surface area contributed by atoms with Crippen molar-refractivity contribution in [3.05, 3.63) is 35.4 Å². The summed E-state index contributed by atoms with van der Waals surface area (Å²) < 4.78 is 37.5. The van der Waals surface area contributed by atoms with Crippen molar-refractivity contribution in [2.45, 2.75) is 44.3 Å². The maximum Gasteiger partial charge on any atom is 0.389 e. The van der Waals surface area contributed by atoms with E-state index in [4.69, 9.17) is 0 Å². The van der Waals surface area contributed by atoms with Gasteiger partial charge in [0, 0.05) is 37.7 Å². The number of fused-ring (bicyclic) bond motifs is 1. The van der Waals surface area contributed by atoms with Gasteiger partial charge in [0.2, 0.25) is 0 Å². The molecular weight excluding hydrogens is 317 g/mol. The van der Waals surface area contributed by atoms with Crippen LogP contribution in [0.1, 0.15) is 41.6 Å². The number of aryl methyl sites for hydroxylation is 1. The van der Waals surface area contributed by atoms with Crippen molar-refractivity contribution in [1.29, 1.82) is 0 Å². The van der Waals surface area contributed by atoms with E-state index < -0.39 is 12.6 Å². The quantitative estimate of drug-likeness (QED) is 0.841. The summed E-state index contributed by atoms with van der Waals surface area (Å²) >= 11 is 0. The van der Waals surface area contributed by atoms with Crippen LogP contribution >= 0.6 is 0 Å². The van der Waals surface area contributed by atoms with Crippen molar-refractivity contribution in [3.8, 4) is 0 Å². The molecule has 0 aromatic heterocycles. The van der Waals surface area contributed by atoms with Crippen LogP contribution in [0, 0.1) is 0 Å². The van der Waals surface area contributed by atoms with Crippen LogP contribution in [0.3, 0.4) is 0 Å². The van der Waals surface area contributed by atoms with Crippen molar-refractivity contribution < 1.29 is 18.0 Å². The Labute approximate surface area is 140 Å². The molecule has 1 amide bonds. The van der Waals surface area contributed by atoms with Gasteiger partial charge < -0.3 is 4.90 Å². The zero-order valence-corrected chi connectivity index (χ0v) is 13.7. The number of hydrogen-bond acceptors (Lipinski definition) is 2. The summed E-state index contributed by atoms with van der Waals surface area (Å²) in [6.07, 6.45) is -1.75. The van der Waals surface area contributed by atoms with Crippen LogP contribution < -0.4 is 0 Å². The molecule has 0 N–H and O–H groups in total. The lowest BCUT2D eigenvalue weighted by atomic mass is 9.97. The number of hydrogen-bond donors (Lipinski definition) is 0. The lowest BCUT2D eigenvalue weighted by Crippen LogP contribution is -2.56. The summed E-state index contributed by atoms with van der Waals surface area (Å²) in [6.45, 7) is 3.30. The average Bonchev–Trinajstić information content (AvgIpc) is 2.58. The predicted molar refractivity (Wildman–Crippen MR) is 85.9 cm³/mol. The first-order valence-corrected chi connectivity index (χ1v) is 8.62. The number of carbonyl (C=O) groups excluding carboxylic acids is 1. The van der Waals surface area contributed by atoms with Gasteiger partial charge in [-0.15, -0.1) is 0 Å². The number of rotatable bonds is 3. The highest BCUT2D eigenvalue weighted by molar-refractivity contribution is 5.95. The van der Waals surface area contributed by atoms with E-state index in [1.807, 2.05) is 4.90 Å². The minimum Gasteiger partial charge on any atom is -0.336 e. The molecule has 6 heteroatoms. The van der Waals surface area contributed by atoms with Crippen LogP contribution in [-0.4, -0.2) is 54.1 Å². The highest BCUT2D eigenvalue weighted by Gasteiger charge is 2.32. The minimum absolute atomic E-state index is 0.127. The molecule has 3 nitrogen and oxygen atoms in total. The van der Waals surface area contributed by atoms with E-state index in [0.717, 1.165) is 19.5 Å². The number of amides is 1. The molecular formula is C18H23F3N2O. The zero-order valence-electron chi connectivity index (χ0n) is 13.7. The van der Waals surface area contributed by atoms with Crippen molar-refractivity contribution in [2.24, 2.45) is 0 Å². The van der Waals surface area contributed by atoms with Gasteiger partial charge >= 0.3 is 6.18 Å². The molecule has 24 heavy (non-hydrogen) atoms. The van der Waals surface area contributed by atoms with Crippen LogP contribution in [0.15, 0.2) is 24.3 Å². The number of carbonyl (C=O) groups is 1. The molecule has 132 valence electrons. The summed E-state index contributed by atoms with van der Waals surface area (Å²) in [5, 5.41) is 0. The fraction of sp³-hybridized carbons (Fsp3) is 0.611. The van der Waals surface area contributed by atoms with Gasteiger partial charge in [0.05, 0.1) is 0 Å². The third kappa shape index (κ3) is 4.09. The molecule has 2 heterocycles. The predicted octanol–water partition coefficient (Wildman–Crippen LogP) is 3.49. The van der Waals surface area contributed by atoms with Crippen LogP contribution in [0.25, 0.3) is 0 Å². The monoisotopic (exact) mass is 340 g/mol. The first-order valence-electron chi connectivity index (χ1n) is 8.62. The summed E-state index contributed by atoms with van der Waals surface area (Å²) in [4.78, 5) is 17.1. The van der Waals surface area contributed by atoms with Crippen LogP contribution in [0.4, 0.5) is 13.2 Å². The van der Waals surface area contributed by atoms with Gasteiger partial charge in [-0.1, -0.05) is 24.6 Å². The number of nitrogens with zero attached hydrogens (tertiary/aromatic N) is 2. The highest BCUT2D eigenvalue weighted by atomic mass is 19.4. The van der Waals surface area contributed by atoms with Gasteiger partial charge in [-0.2, -0.15) is 13.2 Å². The Bertz CT molecular complexity index is 588. The number of alkyl halides is 3. The van der Waals surface area contributed by atoms with Gasteiger partial charge in [-0.25, -0.2) is 0 Å². The second-order valence-corrected chi connectivity index (χ2v) is 6.71. The van der Waals surface area contributed by atoms with E-state index in [-0.39, 0.29) is 12.3 Å². The van der Waals surface area contributed by atoms with Crippen molar-refractivity contribution >= 4 is 5.91 Å². The molecule has 0 saturated carbocycles. The lowest BCUT2D eigenvalue weighted by Gasteiger charge is -2.44. The summed E-state index contributed by atoms with van der Waals surface area (Å²) in [6, 6.07) is 7.11. The molecule has 2 fully saturated rings. The van der Waals surface area contributed by atoms with E-state index >= 15 is 0 Å². The molecule has 0 bridgehead atoms. The smallest absolute Gasteiger partial charge is 0.336 e. The van der Waals surface area contributed by atoms with Crippen molar-refractivity contribution in [1.82, 2.24) is 9.80 Å². The molecule has 2 aliphatic heterocycles. The highest BCUT2D eigenvalue weighted by Crippen LogP contribution is 2.26. The largest absolute Gasteiger partial charge is 0.389 e. The van der Waals surface area contributed by atoms with Gasteiger partial charge in [0.25, 0.3) is 5.91 Å². The Kier molecular flexibility index (Phi) is 5.13. The molecule has 0 radical (unpaired) electrons. The van der Waals surface area contributed by atoms with E-state index in [2.05, 4.69) is 4.90 Å². The lowest BCUT2D eigenvalue weighted by molar-refractivity contribution is -0.134. The van der Waals surface area contributed by atoms with Crippen LogP contribution in [0.5, 0.6) is 0 Å². The number of piperidine rings is 1. The molecule has 1 atom stereocenters. The van der Waals surface area contributed by atoms with Gasteiger partial charge in [0.1, 0.15) is 0 Å².